The highest BCUT2D eigenvalue weighted by atomic mass is 19.1. The molecule has 18 heavy (non-hydrogen) atoms. The number of halogens is 2. The van der Waals surface area contributed by atoms with Gasteiger partial charge in [0.1, 0.15) is 11.6 Å². The van der Waals surface area contributed by atoms with Crippen molar-refractivity contribution in [1.82, 2.24) is 10.6 Å². The first-order valence-electron chi connectivity index (χ1n) is 5.38. The van der Waals surface area contributed by atoms with Gasteiger partial charge in [0.2, 0.25) is 0 Å². The van der Waals surface area contributed by atoms with Gasteiger partial charge in [0, 0.05) is 19.6 Å². The minimum absolute atomic E-state index is 0.0295. The third kappa shape index (κ3) is 4.27. The highest BCUT2D eigenvalue weighted by Gasteiger charge is 2.16. The Morgan fingerprint density at radius 3 is 2.50 bits per heavy atom. The molecule has 1 rings (SSSR count). The maximum atomic E-state index is 13.3. The van der Waals surface area contributed by atoms with Crippen molar-refractivity contribution in [3.63, 3.8) is 0 Å². The Morgan fingerprint density at radius 2 is 1.94 bits per heavy atom. The Hall–Kier alpha value is -1.73. The average Bonchev–Trinajstić information content (AvgIpc) is 2.27. The fourth-order valence-electron chi connectivity index (χ4n) is 1.44. The van der Waals surface area contributed by atoms with Crippen LogP contribution in [-0.2, 0) is 0 Å². The summed E-state index contributed by atoms with van der Waals surface area (Å²) in [6.07, 6.45) is -1.29. The Bertz CT molecular complexity index is 395. The summed E-state index contributed by atoms with van der Waals surface area (Å²) >= 11 is 0. The van der Waals surface area contributed by atoms with Gasteiger partial charge in [0.25, 0.3) is 0 Å². The van der Waals surface area contributed by atoms with Crippen LogP contribution in [0.5, 0.6) is 0 Å². The fourth-order valence-corrected chi connectivity index (χ4v) is 1.44. The molecule has 0 saturated heterocycles. The molecule has 0 aliphatic carbocycles. The second-order valence-electron chi connectivity index (χ2n) is 3.65. The van der Waals surface area contributed by atoms with Crippen molar-refractivity contribution in [2.24, 2.45) is 5.73 Å². The molecule has 0 spiro atoms. The molecule has 100 valence electrons. The highest BCUT2D eigenvalue weighted by molar-refractivity contribution is 5.71. The smallest absolute Gasteiger partial charge is 0.312 e. The molecule has 1 atom stereocenters. The van der Waals surface area contributed by atoms with E-state index < -0.39 is 23.8 Å². The summed E-state index contributed by atoms with van der Waals surface area (Å²) in [4.78, 5) is 10.3. The zero-order chi connectivity index (χ0) is 13.5. The molecule has 0 aromatic heterocycles. The van der Waals surface area contributed by atoms with Gasteiger partial charge < -0.3 is 21.5 Å². The number of hydrogen-bond donors (Lipinski definition) is 4. The highest BCUT2D eigenvalue weighted by Crippen LogP contribution is 2.19. The van der Waals surface area contributed by atoms with Crippen LogP contribution in [0.3, 0.4) is 0 Å². The summed E-state index contributed by atoms with van der Waals surface area (Å²) in [5.74, 6) is -1.58. The van der Waals surface area contributed by atoms with E-state index in [0.717, 1.165) is 12.1 Å². The van der Waals surface area contributed by atoms with Crippen LogP contribution in [-0.4, -0.2) is 30.8 Å². The van der Waals surface area contributed by atoms with Crippen LogP contribution in [0, 0.1) is 11.6 Å². The number of hydrogen-bond acceptors (Lipinski definition) is 3. The predicted molar refractivity (Wildman–Crippen MR) is 61.8 cm³/mol. The number of urea groups is 1. The number of nitrogens with two attached hydrogens (primary N) is 1. The number of nitrogens with one attached hydrogen (secondary N) is 2. The summed E-state index contributed by atoms with van der Waals surface area (Å²) in [5, 5.41) is 14.7. The van der Waals surface area contributed by atoms with E-state index in [-0.39, 0.29) is 18.7 Å². The zero-order valence-corrected chi connectivity index (χ0v) is 9.62. The van der Waals surface area contributed by atoms with E-state index in [1.807, 2.05) is 0 Å². The second-order valence-corrected chi connectivity index (χ2v) is 3.65. The van der Waals surface area contributed by atoms with Gasteiger partial charge in [0.15, 0.2) is 0 Å². The molecule has 1 unspecified atom stereocenters. The van der Waals surface area contributed by atoms with Gasteiger partial charge in [-0.15, -0.1) is 0 Å². The molecule has 0 fully saturated rings. The molecule has 5 N–H and O–H groups in total. The summed E-state index contributed by atoms with van der Waals surface area (Å²) in [6, 6.07) is 2.73. The van der Waals surface area contributed by atoms with E-state index in [1.165, 1.54) is 6.07 Å². The molecular weight excluding hydrogens is 244 g/mol. The van der Waals surface area contributed by atoms with Gasteiger partial charge in [-0.1, -0.05) is 6.07 Å². The van der Waals surface area contributed by atoms with E-state index in [1.54, 1.807) is 0 Å². The summed E-state index contributed by atoms with van der Waals surface area (Å²) < 4.78 is 26.6. The number of benzene rings is 1. The topological polar surface area (TPSA) is 87.4 Å². The SMILES string of the molecule is NC(=O)NCCNCC(O)c1c(F)cccc1F. The monoisotopic (exact) mass is 259 g/mol. The van der Waals surface area contributed by atoms with Crippen molar-refractivity contribution < 1.29 is 18.7 Å². The van der Waals surface area contributed by atoms with Gasteiger partial charge in [-0.3, -0.25) is 0 Å². The molecule has 0 saturated carbocycles. The maximum Gasteiger partial charge on any atom is 0.312 e. The number of aliphatic hydroxyl groups is 1. The van der Waals surface area contributed by atoms with E-state index in [4.69, 9.17) is 5.73 Å². The van der Waals surface area contributed by atoms with Crippen molar-refractivity contribution in [2.45, 2.75) is 6.10 Å². The Kier molecular flexibility index (Phi) is 5.47. The van der Waals surface area contributed by atoms with Crippen LogP contribution < -0.4 is 16.4 Å². The molecule has 1 aromatic rings. The van der Waals surface area contributed by atoms with Gasteiger partial charge in [0.05, 0.1) is 11.7 Å². The quantitative estimate of drug-likeness (QED) is 0.552. The lowest BCUT2D eigenvalue weighted by molar-refractivity contribution is 0.165. The van der Waals surface area contributed by atoms with Gasteiger partial charge >= 0.3 is 6.03 Å². The van der Waals surface area contributed by atoms with Gasteiger partial charge in [-0.25, -0.2) is 13.6 Å². The van der Waals surface area contributed by atoms with Gasteiger partial charge in [-0.05, 0) is 12.1 Å². The van der Waals surface area contributed by atoms with Crippen LogP contribution in [0.4, 0.5) is 13.6 Å². The molecule has 0 aliphatic heterocycles. The largest absolute Gasteiger partial charge is 0.387 e. The number of amides is 2. The number of carbonyl (C=O) groups is 1. The molecule has 7 heteroatoms. The lowest BCUT2D eigenvalue weighted by Crippen LogP contribution is -2.36. The zero-order valence-electron chi connectivity index (χ0n) is 9.62. The maximum absolute atomic E-state index is 13.3. The molecule has 0 heterocycles. The third-order valence-corrected chi connectivity index (χ3v) is 2.27. The lowest BCUT2D eigenvalue weighted by atomic mass is 10.1. The van der Waals surface area contributed by atoms with Crippen LogP contribution in [0.2, 0.25) is 0 Å². The van der Waals surface area contributed by atoms with Crippen LogP contribution in [0.1, 0.15) is 11.7 Å². The normalized spacial score (nSPS) is 12.2. The van der Waals surface area contributed by atoms with Gasteiger partial charge in [-0.2, -0.15) is 0 Å². The van der Waals surface area contributed by atoms with E-state index >= 15 is 0 Å². The number of rotatable bonds is 6. The van der Waals surface area contributed by atoms with Crippen molar-refractivity contribution >= 4 is 6.03 Å². The lowest BCUT2D eigenvalue weighted by Gasteiger charge is -2.13. The van der Waals surface area contributed by atoms with Crippen LogP contribution >= 0.6 is 0 Å². The number of primary amides is 1. The number of carbonyl (C=O) groups excluding carboxylic acids is 1. The standard InChI is InChI=1S/C11H15F2N3O2/c12-7-2-1-3-8(13)10(7)9(17)6-15-4-5-16-11(14)18/h1-3,9,15,17H,4-6H2,(H3,14,16,18). The Morgan fingerprint density at radius 1 is 1.33 bits per heavy atom. The molecule has 0 aliphatic rings. The minimum atomic E-state index is -1.29. The number of aliphatic hydroxyl groups excluding tert-OH is 1. The van der Waals surface area contributed by atoms with E-state index in [2.05, 4.69) is 10.6 Å². The van der Waals surface area contributed by atoms with Crippen LogP contribution in [0.15, 0.2) is 18.2 Å². The molecule has 0 bridgehead atoms. The first-order valence-corrected chi connectivity index (χ1v) is 5.38. The van der Waals surface area contributed by atoms with Crippen molar-refractivity contribution in [3.8, 4) is 0 Å². The summed E-state index contributed by atoms with van der Waals surface area (Å²) in [5.41, 5.74) is 4.47. The van der Waals surface area contributed by atoms with Crippen molar-refractivity contribution in [3.05, 3.63) is 35.4 Å². The third-order valence-electron chi connectivity index (χ3n) is 2.27. The van der Waals surface area contributed by atoms with E-state index in [0.29, 0.717) is 6.54 Å². The molecular formula is C11H15F2N3O2. The van der Waals surface area contributed by atoms with Crippen molar-refractivity contribution in [2.75, 3.05) is 19.6 Å². The molecule has 0 radical (unpaired) electrons. The van der Waals surface area contributed by atoms with Crippen LogP contribution in [0.25, 0.3) is 0 Å². The first-order chi connectivity index (χ1) is 8.52. The second kappa shape index (κ2) is 6.87. The molecule has 1 aromatic carbocycles. The van der Waals surface area contributed by atoms with Crippen molar-refractivity contribution in [1.29, 1.82) is 0 Å². The Balaban J connectivity index is 2.41. The fraction of sp³-hybridized carbons (Fsp3) is 0.364. The molecule has 5 nitrogen and oxygen atoms in total. The average molecular weight is 259 g/mol. The first kappa shape index (κ1) is 14.3. The molecule has 2 amide bonds. The van der Waals surface area contributed by atoms with E-state index in [9.17, 15) is 18.7 Å². The summed E-state index contributed by atoms with van der Waals surface area (Å²) in [7, 11) is 0. The summed E-state index contributed by atoms with van der Waals surface area (Å²) in [6.45, 7) is 0.566. The predicted octanol–water partition coefficient (Wildman–Crippen LogP) is 0.256. The Labute approximate surface area is 103 Å². The minimum Gasteiger partial charge on any atom is -0.387 e.